The van der Waals surface area contributed by atoms with E-state index in [0.29, 0.717) is 18.1 Å². The largest absolute Gasteiger partial charge is 0.490 e. The summed E-state index contributed by atoms with van der Waals surface area (Å²) in [5, 5.41) is 3.56. The van der Waals surface area contributed by atoms with Crippen molar-refractivity contribution in [1.29, 1.82) is 0 Å². The minimum Gasteiger partial charge on any atom is -0.490 e. The first-order valence-electron chi connectivity index (χ1n) is 8.31. The summed E-state index contributed by atoms with van der Waals surface area (Å²) in [7, 11) is 0. The van der Waals surface area contributed by atoms with Gasteiger partial charge in [0.15, 0.2) is 0 Å². The van der Waals surface area contributed by atoms with E-state index in [1.165, 1.54) is 31.2 Å². The van der Waals surface area contributed by atoms with Gasteiger partial charge in [0, 0.05) is 16.1 Å². The molecule has 0 aliphatic heterocycles. The van der Waals surface area contributed by atoms with E-state index in [4.69, 9.17) is 4.74 Å². The van der Waals surface area contributed by atoms with E-state index < -0.39 is 0 Å². The second kappa shape index (κ2) is 8.19. The number of rotatable bonds is 6. The number of benzene rings is 1. The highest BCUT2D eigenvalue weighted by molar-refractivity contribution is 9.10. The van der Waals surface area contributed by atoms with Gasteiger partial charge < -0.3 is 10.1 Å². The lowest BCUT2D eigenvalue weighted by molar-refractivity contribution is 0.101. The second-order valence-corrected chi connectivity index (χ2v) is 7.19. The highest BCUT2D eigenvalue weighted by atomic mass is 79.9. The zero-order chi connectivity index (χ0) is 15.2. The fourth-order valence-corrected chi connectivity index (χ4v) is 3.40. The smallest absolute Gasteiger partial charge is 0.125 e. The Kier molecular flexibility index (Phi) is 6.56. The average molecular weight is 354 g/mol. The van der Waals surface area contributed by atoms with Gasteiger partial charge >= 0.3 is 0 Å². The van der Waals surface area contributed by atoms with Crippen LogP contribution in [0.1, 0.15) is 64.5 Å². The minimum absolute atomic E-state index is 0.326. The molecule has 118 valence electrons. The van der Waals surface area contributed by atoms with Gasteiger partial charge in [0.1, 0.15) is 11.9 Å². The zero-order valence-corrected chi connectivity index (χ0v) is 15.1. The Morgan fingerprint density at radius 3 is 2.81 bits per heavy atom. The lowest BCUT2D eigenvalue weighted by Crippen LogP contribution is -2.29. The molecule has 1 aromatic rings. The predicted octanol–water partition coefficient (Wildman–Crippen LogP) is 5.47. The molecule has 21 heavy (non-hydrogen) atoms. The summed E-state index contributed by atoms with van der Waals surface area (Å²) in [6.07, 6.45) is 6.63. The third-order valence-corrected chi connectivity index (χ3v) is 4.95. The van der Waals surface area contributed by atoms with Crippen LogP contribution in [0.3, 0.4) is 0 Å². The molecule has 0 bridgehead atoms. The monoisotopic (exact) mass is 353 g/mol. The van der Waals surface area contributed by atoms with Gasteiger partial charge in [-0.05, 0) is 57.2 Å². The molecule has 1 aliphatic carbocycles. The first-order chi connectivity index (χ1) is 10.1. The minimum atomic E-state index is 0.326. The molecule has 3 atom stereocenters. The van der Waals surface area contributed by atoms with Crippen molar-refractivity contribution in [2.75, 3.05) is 6.54 Å². The van der Waals surface area contributed by atoms with E-state index in [2.05, 4.69) is 60.2 Å². The Morgan fingerprint density at radius 1 is 1.33 bits per heavy atom. The first kappa shape index (κ1) is 16.8. The number of halogens is 1. The van der Waals surface area contributed by atoms with E-state index in [1.54, 1.807) is 0 Å². The van der Waals surface area contributed by atoms with Gasteiger partial charge in [0.05, 0.1) is 0 Å². The first-order valence-corrected chi connectivity index (χ1v) is 9.10. The summed E-state index contributed by atoms with van der Waals surface area (Å²) in [4.78, 5) is 0. The predicted molar refractivity (Wildman–Crippen MR) is 92.9 cm³/mol. The fourth-order valence-electron chi connectivity index (χ4n) is 3.06. The number of hydrogen-bond donors (Lipinski definition) is 1. The summed E-state index contributed by atoms with van der Waals surface area (Å²) in [6, 6.07) is 6.74. The van der Waals surface area contributed by atoms with Crippen LogP contribution in [0, 0.1) is 5.92 Å². The van der Waals surface area contributed by atoms with Crippen molar-refractivity contribution in [2.45, 2.75) is 65.0 Å². The van der Waals surface area contributed by atoms with Crippen LogP contribution in [0.15, 0.2) is 22.7 Å². The Labute approximate surface area is 137 Å². The number of nitrogens with one attached hydrogen (secondary N) is 1. The Morgan fingerprint density at radius 2 is 2.10 bits per heavy atom. The van der Waals surface area contributed by atoms with E-state index in [9.17, 15) is 0 Å². The molecule has 2 nitrogen and oxygen atoms in total. The molecule has 1 saturated carbocycles. The van der Waals surface area contributed by atoms with Crippen LogP contribution < -0.4 is 10.1 Å². The van der Waals surface area contributed by atoms with E-state index in [-0.39, 0.29) is 0 Å². The highest BCUT2D eigenvalue weighted by Gasteiger charge is 2.24. The summed E-state index contributed by atoms with van der Waals surface area (Å²) < 4.78 is 7.50. The van der Waals surface area contributed by atoms with Gasteiger partial charge in [-0.25, -0.2) is 0 Å². The molecule has 2 rings (SSSR count). The summed E-state index contributed by atoms with van der Waals surface area (Å²) in [5.74, 6) is 1.70. The third-order valence-electron chi connectivity index (χ3n) is 4.45. The van der Waals surface area contributed by atoms with Crippen molar-refractivity contribution < 1.29 is 4.74 Å². The maximum atomic E-state index is 6.41. The third kappa shape index (κ3) is 4.72. The summed E-state index contributed by atoms with van der Waals surface area (Å²) in [6.45, 7) is 7.77. The summed E-state index contributed by atoms with van der Waals surface area (Å²) in [5.41, 5.74) is 1.27. The van der Waals surface area contributed by atoms with Crippen molar-refractivity contribution in [2.24, 2.45) is 5.92 Å². The molecule has 0 amide bonds. The summed E-state index contributed by atoms with van der Waals surface area (Å²) >= 11 is 3.58. The zero-order valence-electron chi connectivity index (χ0n) is 13.5. The van der Waals surface area contributed by atoms with Crippen LogP contribution in [0.4, 0.5) is 0 Å². The van der Waals surface area contributed by atoms with Crippen LogP contribution in [0.2, 0.25) is 0 Å². The highest BCUT2D eigenvalue weighted by Crippen LogP contribution is 2.33. The molecule has 0 radical (unpaired) electrons. The van der Waals surface area contributed by atoms with Crippen LogP contribution in [-0.2, 0) is 0 Å². The Bertz CT molecular complexity index is 449. The molecular weight excluding hydrogens is 326 g/mol. The fraction of sp³-hybridized carbons (Fsp3) is 0.667. The van der Waals surface area contributed by atoms with Crippen molar-refractivity contribution in [3.8, 4) is 5.75 Å². The lowest BCUT2D eigenvalue weighted by atomic mass is 9.88. The van der Waals surface area contributed by atoms with Crippen LogP contribution in [0.5, 0.6) is 5.75 Å². The van der Waals surface area contributed by atoms with Gasteiger partial charge in [-0.3, -0.25) is 0 Å². The van der Waals surface area contributed by atoms with Crippen molar-refractivity contribution >= 4 is 15.9 Å². The second-order valence-electron chi connectivity index (χ2n) is 6.28. The molecule has 0 spiro atoms. The molecule has 3 unspecified atom stereocenters. The maximum Gasteiger partial charge on any atom is 0.125 e. The molecule has 1 aromatic carbocycles. The van der Waals surface area contributed by atoms with Crippen molar-refractivity contribution in [3.63, 3.8) is 0 Å². The molecule has 1 aliphatic rings. The lowest BCUT2D eigenvalue weighted by Gasteiger charge is -2.31. The van der Waals surface area contributed by atoms with Crippen LogP contribution in [-0.4, -0.2) is 12.6 Å². The Hall–Kier alpha value is -0.540. The van der Waals surface area contributed by atoms with Crippen molar-refractivity contribution in [3.05, 3.63) is 28.2 Å². The number of ether oxygens (including phenoxy) is 1. The van der Waals surface area contributed by atoms with E-state index in [0.717, 1.165) is 23.2 Å². The van der Waals surface area contributed by atoms with Crippen molar-refractivity contribution in [1.82, 2.24) is 5.32 Å². The molecule has 3 heteroatoms. The van der Waals surface area contributed by atoms with Gasteiger partial charge in [-0.1, -0.05) is 42.3 Å². The van der Waals surface area contributed by atoms with Gasteiger partial charge in [-0.15, -0.1) is 0 Å². The van der Waals surface area contributed by atoms with E-state index in [1.807, 2.05) is 0 Å². The van der Waals surface area contributed by atoms with Crippen LogP contribution in [0.25, 0.3) is 0 Å². The topological polar surface area (TPSA) is 21.3 Å². The molecule has 0 aromatic heterocycles. The van der Waals surface area contributed by atoms with Gasteiger partial charge in [0.2, 0.25) is 0 Å². The maximum absolute atomic E-state index is 6.41. The standard InChI is InChI=1S/C18H28BrNO/c1-4-11-20-14(3)16-10-9-15(19)12-18(16)21-17-8-6-5-7-13(17)2/h9-10,12-14,17,20H,4-8,11H2,1-3H3. The SMILES string of the molecule is CCCNC(C)c1ccc(Br)cc1OC1CCCCC1C. The molecule has 1 N–H and O–H groups in total. The normalized spacial score (nSPS) is 23.8. The molecule has 0 saturated heterocycles. The average Bonchev–Trinajstić information content (AvgIpc) is 2.47. The molecular formula is C18H28BrNO. The quantitative estimate of drug-likeness (QED) is 0.732. The van der Waals surface area contributed by atoms with Gasteiger partial charge in [-0.2, -0.15) is 0 Å². The van der Waals surface area contributed by atoms with Gasteiger partial charge in [0.25, 0.3) is 0 Å². The molecule has 1 fully saturated rings. The van der Waals surface area contributed by atoms with E-state index >= 15 is 0 Å². The molecule has 0 heterocycles. The number of hydrogen-bond acceptors (Lipinski definition) is 2. The van der Waals surface area contributed by atoms with Crippen LogP contribution >= 0.6 is 15.9 Å². The Balaban J connectivity index is 2.14.